The van der Waals surface area contributed by atoms with Crippen molar-refractivity contribution in [2.75, 3.05) is 7.11 Å². The summed E-state index contributed by atoms with van der Waals surface area (Å²) >= 11 is 6.03. The fourth-order valence-corrected chi connectivity index (χ4v) is 4.14. The molecule has 2 aromatic heterocycles. The highest BCUT2D eigenvalue weighted by atomic mass is 35.5. The van der Waals surface area contributed by atoms with Crippen LogP contribution in [0.3, 0.4) is 0 Å². The number of hydrogen-bond donors (Lipinski definition) is 0. The highest BCUT2D eigenvalue weighted by molar-refractivity contribution is 6.30. The van der Waals surface area contributed by atoms with Gasteiger partial charge in [0.1, 0.15) is 5.75 Å². The van der Waals surface area contributed by atoms with Crippen molar-refractivity contribution in [1.82, 2.24) is 14.1 Å². The summed E-state index contributed by atoms with van der Waals surface area (Å²) in [5, 5.41) is 1.97. The molecule has 0 unspecified atom stereocenters. The molecule has 0 spiro atoms. The number of aromatic nitrogens is 3. The fourth-order valence-electron chi connectivity index (χ4n) is 4.01. The molecule has 0 aliphatic rings. The number of fused-ring (bicyclic) bond motifs is 1. The minimum atomic E-state index is 0.756. The van der Waals surface area contributed by atoms with Gasteiger partial charge >= 0.3 is 0 Å². The first-order chi connectivity index (χ1) is 15.1. The summed E-state index contributed by atoms with van der Waals surface area (Å²) in [4.78, 5) is 4.33. The SMILES string of the molecule is COc1cc(-c2cccc3c2ccn3Cc2ccc(Cl)cc2)ccc1-n1cnc(C)c1. The van der Waals surface area contributed by atoms with Crippen LogP contribution in [0.25, 0.3) is 27.7 Å². The number of aryl methyl sites for hydroxylation is 1. The van der Waals surface area contributed by atoms with Crippen LogP contribution in [0, 0.1) is 6.92 Å². The van der Waals surface area contributed by atoms with E-state index in [1.54, 1.807) is 7.11 Å². The van der Waals surface area contributed by atoms with Crippen molar-refractivity contribution in [2.45, 2.75) is 13.5 Å². The van der Waals surface area contributed by atoms with E-state index in [9.17, 15) is 0 Å². The molecule has 0 bridgehead atoms. The third-order valence-corrected chi connectivity index (χ3v) is 5.81. The lowest BCUT2D eigenvalue weighted by Crippen LogP contribution is -1.98. The number of imidazole rings is 1. The molecule has 0 amide bonds. The lowest BCUT2D eigenvalue weighted by Gasteiger charge is -2.12. The number of benzene rings is 3. The molecule has 0 aliphatic heterocycles. The first kappa shape index (κ1) is 19.5. The Bertz CT molecular complexity index is 1370. The minimum Gasteiger partial charge on any atom is -0.495 e. The maximum absolute atomic E-state index is 6.03. The van der Waals surface area contributed by atoms with Crippen LogP contribution in [-0.2, 0) is 6.54 Å². The summed E-state index contributed by atoms with van der Waals surface area (Å²) in [5.74, 6) is 0.812. The average Bonchev–Trinajstić information content (AvgIpc) is 3.41. The van der Waals surface area contributed by atoms with Crippen molar-refractivity contribution in [1.29, 1.82) is 0 Å². The highest BCUT2D eigenvalue weighted by Gasteiger charge is 2.12. The number of rotatable bonds is 5. The van der Waals surface area contributed by atoms with Gasteiger partial charge in [-0.05, 0) is 60.0 Å². The smallest absolute Gasteiger partial charge is 0.143 e. The average molecular weight is 428 g/mol. The second kappa shape index (κ2) is 7.97. The quantitative estimate of drug-likeness (QED) is 0.320. The van der Waals surface area contributed by atoms with Crippen molar-refractivity contribution in [2.24, 2.45) is 0 Å². The van der Waals surface area contributed by atoms with E-state index < -0.39 is 0 Å². The van der Waals surface area contributed by atoms with E-state index in [1.807, 2.05) is 36.1 Å². The van der Waals surface area contributed by atoms with E-state index in [4.69, 9.17) is 16.3 Å². The molecule has 0 radical (unpaired) electrons. The van der Waals surface area contributed by atoms with Crippen LogP contribution in [0.5, 0.6) is 5.75 Å². The second-order valence-electron chi connectivity index (χ2n) is 7.62. The Morgan fingerprint density at radius 1 is 1.00 bits per heavy atom. The summed E-state index contributed by atoms with van der Waals surface area (Å²) in [6.07, 6.45) is 5.95. The van der Waals surface area contributed by atoms with Crippen LogP contribution in [-0.4, -0.2) is 21.2 Å². The van der Waals surface area contributed by atoms with E-state index in [0.717, 1.165) is 34.3 Å². The van der Waals surface area contributed by atoms with Gasteiger partial charge in [0.15, 0.2) is 0 Å². The molecule has 3 aromatic carbocycles. The van der Waals surface area contributed by atoms with Gasteiger partial charge in [0.25, 0.3) is 0 Å². The van der Waals surface area contributed by atoms with Gasteiger partial charge in [0.2, 0.25) is 0 Å². The van der Waals surface area contributed by atoms with Crippen molar-refractivity contribution in [3.05, 3.63) is 102 Å². The number of ether oxygens (including phenoxy) is 1. The molecule has 0 saturated heterocycles. The molecular formula is C26H22ClN3O. The molecule has 0 aliphatic carbocycles. The maximum atomic E-state index is 6.03. The third kappa shape index (κ3) is 3.71. The van der Waals surface area contributed by atoms with Gasteiger partial charge in [-0.1, -0.05) is 41.9 Å². The fraction of sp³-hybridized carbons (Fsp3) is 0.115. The number of methoxy groups -OCH3 is 1. The normalized spacial score (nSPS) is 11.2. The van der Waals surface area contributed by atoms with Gasteiger partial charge in [0, 0.05) is 34.9 Å². The maximum Gasteiger partial charge on any atom is 0.143 e. The number of nitrogens with zero attached hydrogens (tertiary/aromatic N) is 3. The molecule has 0 fully saturated rings. The third-order valence-electron chi connectivity index (χ3n) is 5.56. The van der Waals surface area contributed by atoms with Gasteiger partial charge in [-0.15, -0.1) is 0 Å². The van der Waals surface area contributed by atoms with Crippen LogP contribution >= 0.6 is 11.6 Å². The van der Waals surface area contributed by atoms with Crippen LogP contribution in [0.1, 0.15) is 11.3 Å². The topological polar surface area (TPSA) is 32.0 Å². The number of hydrogen-bond acceptors (Lipinski definition) is 2. The molecule has 5 heteroatoms. The Balaban J connectivity index is 1.54. The largest absolute Gasteiger partial charge is 0.495 e. The molecule has 0 N–H and O–H groups in total. The molecule has 154 valence electrons. The van der Waals surface area contributed by atoms with Crippen molar-refractivity contribution in [3.63, 3.8) is 0 Å². The molecule has 5 rings (SSSR count). The van der Waals surface area contributed by atoms with Gasteiger partial charge in [-0.3, -0.25) is 0 Å². The second-order valence-corrected chi connectivity index (χ2v) is 8.05. The monoisotopic (exact) mass is 427 g/mol. The standard InChI is InChI=1S/C26H22ClN3O/c1-18-15-30(17-28-18)25-11-8-20(14-26(25)31-2)22-4-3-5-24-23(22)12-13-29(24)16-19-6-9-21(27)10-7-19/h3-15,17H,16H2,1-2H3. The van der Waals surface area contributed by atoms with Crippen molar-refractivity contribution in [3.8, 4) is 22.6 Å². The zero-order valence-corrected chi connectivity index (χ0v) is 18.2. The van der Waals surface area contributed by atoms with E-state index in [0.29, 0.717) is 0 Å². The van der Waals surface area contributed by atoms with Gasteiger partial charge in [0.05, 0.1) is 24.8 Å². The van der Waals surface area contributed by atoms with Crippen LogP contribution in [0.15, 0.2) is 85.5 Å². The van der Waals surface area contributed by atoms with Crippen molar-refractivity contribution < 1.29 is 4.74 Å². The van der Waals surface area contributed by atoms with E-state index in [2.05, 4.69) is 70.3 Å². The molecule has 0 saturated carbocycles. The lowest BCUT2D eigenvalue weighted by atomic mass is 10.0. The van der Waals surface area contributed by atoms with Crippen LogP contribution < -0.4 is 4.74 Å². The predicted molar refractivity (Wildman–Crippen MR) is 126 cm³/mol. The zero-order valence-electron chi connectivity index (χ0n) is 17.4. The first-order valence-electron chi connectivity index (χ1n) is 10.1. The van der Waals surface area contributed by atoms with E-state index >= 15 is 0 Å². The molecule has 4 nitrogen and oxygen atoms in total. The summed E-state index contributed by atoms with van der Waals surface area (Å²) in [6.45, 7) is 2.78. The highest BCUT2D eigenvalue weighted by Crippen LogP contribution is 2.34. The van der Waals surface area contributed by atoms with Crippen LogP contribution in [0.2, 0.25) is 5.02 Å². The molecule has 2 heterocycles. The van der Waals surface area contributed by atoms with Gasteiger partial charge < -0.3 is 13.9 Å². The Kier molecular flexibility index (Phi) is 5.00. The van der Waals surface area contributed by atoms with E-state index in [1.165, 1.54) is 22.0 Å². The molecule has 31 heavy (non-hydrogen) atoms. The minimum absolute atomic E-state index is 0.756. The Labute approximate surface area is 186 Å². The van der Waals surface area contributed by atoms with E-state index in [-0.39, 0.29) is 0 Å². The summed E-state index contributed by atoms with van der Waals surface area (Å²) in [6, 6.07) is 22.9. The molecule has 0 atom stereocenters. The zero-order chi connectivity index (χ0) is 21.4. The van der Waals surface area contributed by atoms with Crippen molar-refractivity contribution >= 4 is 22.5 Å². The summed E-state index contributed by atoms with van der Waals surface area (Å²) in [5.41, 5.74) is 6.65. The number of halogens is 1. The summed E-state index contributed by atoms with van der Waals surface area (Å²) < 4.78 is 9.97. The molecular weight excluding hydrogens is 406 g/mol. The summed E-state index contributed by atoms with van der Waals surface area (Å²) in [7, 11) is 1.70. The van der Waals surface area contributed by atoms with Crippen LogP contribution in [0.4, 0.5) is 0 Å². The van der Waals surface area contributed by atoms with Gasteiger partial charge in [-0.2, -0.15) is 0 Å². The Morgan fingerprint density at radius 3 is 2.58 bits per heavy atom. The predicted octanol–water partition coefficient (Wildman–Crippen LogP) is 6.51. The molecule has 5 aromatic rings. The first-order valence-corrected chi connectivity index (χ1v) is 10.5. The Morgan fingerprint density at radius 2 is 1.84 bits per heavy atom. The Hall–Kier alpha value is -3.50. The van der Waals surface area contributed by atoms with Gasteiger partial charge in [-0.25, -0.2) is 4.98 Å². The lowest BCUT2D eigenvalue weighted by molar-refractivity contribution is 0.413.